The molecule has 3 amide bonds. The maximum absolute atomic E-state index is 14.1. The monoisotopic (exact) mass is 707 g/mol. The molecule has 0 spiro atoms. The summed E-state index contributed by atoms with van der Waals surface area (Å²) in [4.78, 5) is 77.5. The lowest BCUT2D eigenvalue weighted by Crippen LogP contribution is -2.61. The molecule has 2 aromatic heterocycles. The molecule has 0 aliphatic carbocycles. The molecule has 1 unspecified atom stereocenters. The first-order valence-corrected chi connectivity index (χ1v) is 16.6. The van der Waals surface area contributed by atoms with Crippen molar-refractivity contribution in [2.45, 2.75) is 50.1 Å². The molecule has 15 nitrogen and oxygen atoms in total. The normalized spacial score (nSPS) is 16.5. The van der Waals surface area contributed by atoms with E-state index in [1.807, 2.05) is 11.0 Å². The first-order chi connectivity index (χ1) is 24.1. The molecular formula is C34H38ClN7O8. The van der Waals surface area contributed by atoms with Crippen molar-refractivity contribution in [1.29, 1.82) is 0 Å². The number of piperidine rings is 1. The Morgan fingerprint density at radius 2 is 1.76 bits per heavy atom. The van der Waals surface area contributed by atoms with Crippen molar-refractivity contribution in [3.05, 3.63) is 77.4 Å². The molecule has 2 aliphatic heterocycles. The zero-order chi connectivity index (χ0) is 35.7. The number of rotatable bonds is 16. The molecular weight excluding hydrogens is 670 g/mol. The number of hydrogen-bond donors (Lipinski definition) is 5. The Balaban J connectivity index is 1.28. The molecule has 16 heteroatoms. The van der Waals surface area contributed by atoms with Crippen molar-refractivity contribution in [3.8, 4) is 0 Å². The summed E-state index contributed by atoms with van der Waals surface area (Å²) >= 11 is 6.07. The van der Waals surface area contributed by atoms with Crippen LogP contribution in [-0.4, -0.2) is 98.1 Å². The summed E-state index contributed by atoms with van der Waals surface area (Å²) in [5.41, 5.74) is -0.644. The summed E-state index contributed by atoms with van der Waals surface area (Å²) in [7, 11) is 0. The van der Waals surface area contributed by atoms with Gasteiger partial charge in [-0.2, -0.15) is 0 Å². The van der Waals surface area contributed by atoms with E-state index in [0.29, 0.717) is 48.8 Å². The number of esters is 1. The van der Waals surface area contributed by atoms with Gasteiger partial charge in [0.25, 0.3) is 11.8 Å². The van der Waals surface area contributed by atoms with Crippen molar-refractivity contribution in [2.24, 2.45) is 0 Å². The molecule has 1 fully saturated rings. The second kappa shape index (κ2) is 16.4. The first kappa shape index (κ1) is 36.0. The van der Waals surface area contributed by atoms with Crippen LogP contribution < -0.4 is 15.5 Å². The van der Waals surface area contributed by atoms with Crippen LogP contribution in [0.2, 0.25) is 5.02 Å². The van der Waals surface area contributed by atoms with Gasteiger partial charge in [0, 0.05) is 55.8 Å². The molecule has 4 heterocycles. The maximum Gasteiger partial charge on any atom is 0.347 e. The molecule has 5 N–H and O–H groups in total. The van der Waals surface area contributed by atoms with E-state index in [4.69, 9.17) is 16.3 Å². The van der Waals surface area contributed by atoms with E-state index in [1.54, 1.807) is 30.5 Å². The highest BCUT2D eigenvalue weighted by Gasteiger charge is 2.42. The Morgan fingerprint density at radius 1 is 1.04 bits per heavy atom. The number of fused-ring (bicyclic) bond motifs is 1. The van der Waals surface area contributed by atoms with Crippen LogP contribution in [0.1, 0.15) is 50.1 Å². The van der Waals surface area contributed by atoms with Crippen LogP contribution in [0.3, 0.4) is 0 Å². The van der Waals surface area contributed by atoms with E-state index in [-0.39, 0.29) is 50.8 Å². The van der Waals surface area contributed by atoms with Gasteiger partial charge in [-0.05, 0) is 62.3 Å². The minimum Gasteiger partial charge on any atom is -0.477 e. The van der Waals surface area contributed by atoms with Crippen molar-refractivity contribution in [2.75, 3.05) is 37.7 Å². The third kappa shape index (κ3) is 8.47. The van der Waals surface area contributed by atoms with Gasteiger partial charge >= 0.3 is 11.9 Å². The van der Waals surface area contributed by atoms with Gasteiger partial charge in [0.1, 0.15) is 23.3 Å². The zero-order valence-corrected chi connectivity index (χ0v) is 27.9. The van der Waals surface area contributed by atoms with Crippen molar-refractivity contribution in [3.63, 3.8) is 0 Å². The predicted molar refractivity (Wildman–Crippen MR) is 182 cm³/mol. The maximum atomic E-state index is 14.1. The summed E-state index contributed by atoms with van der Waals surface area (Å²) in [5.74, 6) is -3.12. The number of unbranched alkanes of at least 4 members (excludes halogenated alkanes) is 2. The van der Waals surface area contributed by atoms with Crippen molar-refractivity contribution < 1.29 is 38.9 Å². The third-order valence-electron chi connectivity index (χ3n) is 8.78. The molecule has 1 aromatic carbocycles. The number of aromatic nitrogens is 3. The molecule has 50 heavy (non-hydrogen) atoms. The Bertz CT molecular complexity index is 1770. The SMILES string of the molecule is O=C(O)/C(=C\NC1(C(=O)NC(CCO)c2ccc(Cl)cc2)CCN(c2ncnc3[nH]ccc23)CC1)C(=O)OCCCCCN1C(=O)C=CC1=O. The topological polar surface area (TPSA) is 207 Å². The van der Waals surface area contributed by atoms with E-state index in [0.717, 1.165) is 22.0 Å². The minimum absolute atomic E-state index is 0.0827. The van der Waals surface area contributed by atoms with Crippen molar-refractivity contribution in [1.82, 2.24) is 30.5 Å². The van der Waals surface area contributed by atoms with Gasteiger partial charge < -0.3 is 35.5 Å². The summed E-state index contributed by atoms with van der Waals surface area (Å²) in [6.45, 7) is 0.654. The number of benzene rings is 1. The average molecular weight is 708 g/mol. The van der Waals surface area contributed by atoms with Gasteiger partial charge in [0.15, 0.2) is 5.57 Å². The van der Waals surface area contributed by atoms with Crippen LogP contribution in [0, 0.1) is 0 Å². The Morgan fingerprint density at radius 3 is 2.44 bits per heavy atom. The molecule has 1 saturated heterocycles. The summed E-state index contributed by atoms with van der Waals surface area (Å²) in [6, 6.07) is 8.17. The molecule has 0 saturated carbocycles. The number of aliphatic carboxylic acids is 1. The molecule has 2 aliphatic rings. The fourth-order valence-electron chi connectivity index (χ4n) is 5.95. The van der Waals surface area contributed by atoms with E-state index in [9.17, 15) is 34.2 Å². The van der Waals surface area contributed by atoms with E-state index < -0.39 is 35.0 Å². The van der Waals surface area contributed by atoms with E-state index in [2.05, 4.69) is 25.6 Å². The minimum atomic E-state index is -1.54. The van der Waals surface area contributed by atoms with Crippen LogP contribution in [0.25, 0.3) is 11.0 Å². The number of aromatic amines is 1. The Labute approximate surface area is 292 Å². The summed E-state index contributed by atoms with van der Waals surface area (Å²) in [5, 5.41) is 27.0. The van der Waals surface area contributed by atoms with Gasteiger partial charge in [-0.25, -0.2) is 19.6 Å². The van der Waals surface area contributed by atoms with Gasteiger partial charge in [0.05, 0.1) is 18.0 Å². The molecule has 5 rings (SSSR count). The molecule has 0 radical (unpaired) electrons. The average Bonchev–Trinajstić information content (AvgIpc) is 3.72. The van der Waals surface area contributed by atoms with Crippen LogP contribution in [-0.2, 0) is 28.7 Å². The zero-order valence-electron chi connectivity index (χ0n) is 27.1. The highest BCUT2D eigenvalue weighted by atomic mass is 35.5. The van der Waals surface area contributed by atoms with Gasteiger partial charge in [-0.3, -0.25) is 19.3 Å². The molecule has 0 bridgehead atoms. The largest absolute Gasteiger partial charge is 0.477 e. The van der Waals surface area contributed by atoms with Crippen LogP contribution >= 0.6 is 11.6 Å². The number of carboxylic acids is 1. The Kier molecular flexibility index (Phi) is 11.8. The number of halogens is 1. The number of carbonyl (C=O) groups excluding carboxylic acids is 4. The first-order valence-electron chi connectivity index (χ1n) is 16.2. The lowest BCUT2D eigenvalue weighted by Gasteiger charge is -2.42. The van der Waals surface area contributed by atoms with Gasteiger partial charge in [0.2, 0.25) is 5.91 Å². The second-order valence-corrected chi connectivity index (χ2v) is 12.4. The number of ether oxygens (including phenoxy) is 1. The number of amides is 3. The fraction of sp³-hybridized carbons (Fsp3) is 0.382. The van der Waals surface area contributed by atoms with Gasteiger partial charge in [-0.1, -0.05) is 23.7 Å². The van der Waals surface area contributed by atoms with Crippen LogP contribution in [0.4, 0.5) is 5.82 Å². The smallest absolute Gasteiger partial charge is 0.347 e. The van der Waals surface area contributed by atoms with Crippen molar-refractivity contribution >= 4 is 58.1 Å². The number of aliphatic hydroxyl groups excluding tert-OH is 1. The highest BCUT2D eigenvalue weighted by molar-refractivity contribution is 6.30. The highest BCUT2D eigenvalue weighted by Crippen LogP contribution is 2.31. The van der Waals surface area contributed by atoms with Crippen LogP contribution in [0.15, 0.2) is 66.8 Å². The van der Waals surface area contributed by atoms with E-state index in [1.165, 1.54) is 18.5 Å². The number of nitrogens with one attached hydrogen (secondary N) is 3. The number of anilines is 1. The van der Waals surface area contributed by atoms with Crippen LogP contribution in [0.5, 0.6) is 0 Å². The fourth-order valence-corrected chi connectivity index (χ4v) is 6.08. The summed E-state index contributed by atoms with van der Waals surface area (Å²) < 4.78 is 5.23. The quantitative estimate of drug-likeness (QED) is 0.0363. The Hall–Kier alpha value is -5.28. The lowest BCUT2D eigenvalue weighted by atomic mass is 9.85. The number of aliphatic hydroxyl groups is 1. The molecule has 3 aromatic rings. The number of H-pyrrole nitrogens is 1. The number of hydrogen-bond acceptors (Lipinski definition) is 11. The second-order valence-electron chi connectivity index (χ2n) is 12.0. The molecule has 264 valence electrons. The number of nitrogens with zero attached hydrogens (tertiary/aromatic N) is 4. The van der Waals surface area contributed by atoms with E-state index >= 15 is 0 Å². The summed E-state index contributed by atoms with van der Waals surface area (Å²) in [6.07, 6.45) is 8.67. The van der Waals surface area contributed by atoms with Gasteiger partial charge in [-0.15, -0.1) is 0 Å². The number of imide groups is 1. The third-order valence-corrected chi connectivity index (χ3v) is 9.03. The standard InChI is InChI=1S/C34H38ClN7O8/c35-23-6-4-22(5-7-23)26(11-18-43)40-33(49)34(12-16-41(17-13-34)30-24-10-14-36-29(24)37-21-38-30)39-20-25(31(46)47)32(48)50-19-3-1-2-15-42-27(44)8-9-28(42)45/h4-10,14,20-21,26,39,43H,1-3,11-13,15-19H2,(H,40,49)(H,46,47)(H,36,37,38)/b25-20+. The number of carboxylic acid groups (broad SMARTS) is 1. The number of carbonyl (C=O) groups is 5. The lowest BCUT2D eigenvalue weighted by molar-refractivity contribution is -0.144. The predicted octanol–water partition coefficient (Wildman–Crippen LogP) is 2.39. The molecule has 1 atom stereocenters.